The molecule has 6 nitrogen and oxygen atoms in total. The summed E-state index contributed by atoms with van der Waals surface area (Å²) in [4.78, 5) is 6.50. The predicted molar refractivity (Wildman–Crippen MR) is 108 cm³/mol. The van der Waals surface area contributed by atoms with Gasteiger partial charge in [-0.25, -0.2) is 13.4 Å². The van der Waals surface area contributed by atoms with E-state index in [4.69, 9.17) is 4.74 Å². The number of hydrogen-bond acceptors (Lipinski definition) is 5. The van der Waals surface area contributed by atoms with Crippen LogP contribution >= 0.6 is 0 Å². The third-order valence-electron chi connectivity index (χ3n) is 4.76. The SMILES string of the molecule is COc1cccc(CN2CN(c3ccc(C)cc3)c3ncccc3S2(=O)=O)c1. The summed E-state index contributed by atoms with van der Waals surface area (Å²) in [5, 5.41) is 0. The van der Waals surface area contributed by atoms with E-state index in [0.717, 1.165) is 16.8 Å². The molecule has 2 aromatic carbocycles. The first-order valence-corrected chi connectivity index (χ1v) is 10.4. The lowest BCUT2D eigenvalue weighted by Crippen LogP contribution is -2.44. The molecule has 0 aliphatic carbocycles. The molecular formula is C21H21N3O3S. The van der Waals surface area contributed by atoms with Crippen molar-refractivity contribution < 1.29 is 13.2 Å². The Balaban J connectivity index is 1.76. The second-order valence-corrected chi connectivity index (χ2v) is 8.60. The second kappa shape index (κ2) is 7.26. The zero-order chi connectivity index (χ0) is 19.7. The van der Waals surface area contributed by atoms with Gasteiger partial charge in [-0.3, -0.25) is 0 Å². The molecule has 0 amide bonds. The van der Waals surface area contributed by atoms with Gasteiger partial charge in [0.25, 0.3) is 0 Å². The molecule has 0 radical (unpaired) electrons. The zero-order valence-electron chi connectivity index (χ0n) is 15.7. The minimum Gasteiger partial charge on any atom is -0.497 e. The quantitative estimate of drug-likeness (QED) is 0.674. The van der Waals surface area contributed by atoms with Gasteiger partial charge < -0.3 is 9.64 Å². The number of hydrogen-bond donors (Lipinski definition) is 0. The first-order chi connectivity index (χ1) is 13.5. The fourth-order valence-corrected chi connectivity index (χ4v) is 4.77. The number of rotatable bonds is 4. The molecule has 0 bridgehead atoms. The van der Waals surface area contributed by atoms with Gasteiger partial charge in [0.1, 0.15) is 10.6 Å². The van der Waals surface area contributed by atoms with Crippen molar-refractivity contribution in [2.75, 3.05) is 18.7 Å². The molecule has 1 aromatic heterocycles. The lowest BCUT2D eigenvalue weighted by atomic mass is 10.2. The van der Waals surface area contributed by atoms with Crippen molar-refractivity contribution in [3.8, 4) is 5.75 Å². The number of fused-ring (bicyclic) bond motifs is 1. The topological polar surface area (TPSA) is 62.7 Å². The molecule has 7 heteroatoms. The number of ether oxygens (including phenoxy) is 1. The van der Waals surface area contributed by atoms with Crippen LogP contribution in [0.5, 0.6) is 5.75 Å². The van der Waals surface area contributed by atoms with Crippen molar-refractivity contribution in [3.05, 3.63) is 78.0 Å². The summed E-state index contributed by atoms with van der Waals surface area (Å²) in [6, 6.07) is 18.7. The van der Waals surface area contributed by atoms with E-state index in [2.05, 4.69) is 4.98 Å². The Labute approximate surface area is 165 Å². The van der Waals surface area contributed by atoms with Gasteiger partial charge in [-0.15, -0.1) is 0 Å². The van der Waals surface area contributed by atoms with Crippen molar-refractivity contribution in [1.82, 2.24) is 9.29 Å². The van der Waals surface area contributed by atoms with Crippen molar-refractivity contribution in [2.24, 2.45) is 0 Å². The molecule has 0 fully saturated rings. The molecule has 0 atom stereocenters. The summed E-state index contributed by atoms with van der Waals surface area (Å²) in [7, 11) is -2.07. The van der Waals surface area contributed by atoms with E-state index in [1.54, 1.807) is 25.4 Å². The van der Waals surface area contributed by atoms with Crippen LogP contribution in [0, 0.1) is 6.92 Å². The van der Waals surface area contributed by atoms with Gasteiger partial charge >= 0.3 is 0 Å². The third kappa shape index (κ3) is 3.34. The largest absolute Gasteiger partial charge is 0.497 e. The van der Waals surface area contributed by atoms with E-state index in [1.807, 2.05) is 60.4 Å². The first kappa shape index (κ1) is 18.5. The molecule has 0 saturated carbocycles. The van der Waals surface area contributed by atoms with Crippen LogP contribution in [0.15, 0.2) is 71.8 Å². The Morgan fingerprint density at radius 2 is 1.86 bits per heavy atom. The highest BCUT2D eigenvalue weighted by atomic mass is 32.2. The van der Waals surface area contributed by atoms with Gasteiger partial charge in [0.15, 0.2) is 5.82 Å². The molecule has 2 heterocycles. The van der Waals surface area contributed by atoms with Crippen LogP contribution in [0.3, 0.4) is 0 Å². The third-order valence-corrected chi connectivity index (χ3v) is 6.56. The fraction of sp³-hybridized carbons (Fsp3) is 0.190. The van der Waals surface area contributed by atoms with Crippen LogP contribution in [-0.4, -0.2) is 31.5 Å². The summed E-state index contributed by atoms with van der Waals surface area (Å²) in [5.41, 5.74) is 2.90. The molecule has 1 aliphatic rings. The Hall–Kier alpha value is -2.90. The van der Waals surface area contributed by atoms with Crippen LogP contribution in [0.2, 0.25) is 0 Å². The molecule has 0 N–H and O–H groups in total. The molecular weight excluding hydrogens is 374 g/mol. The number of aromatic nitrogens is 1. The number of methoxy groups -OCH3 is 1. The van der Waals surface area contributed by atoms with E-state index >= 15 is 0 Å². The lowest BCUT2D eigenvalue weighted by Gasteiger charge is -2.36. The molecule has 3 aromatic rings. The van der Waals surface area contributed by atoms with Gasteiger partial charge in [-0.05, 0) is 48.9 Å². The number of benzene rings is 2. The summed E-state index contributed by atoms with van der Waals surface area (Å²) in [5.74, 6) is 1.15. The van der Waals surface area contributed by atoms with Crippen molar-refractivity contribution >= 4 is 21.5 Å². The average Bonchev–Trinajstić information content (AvgIpc) is 2.71. The van der Waals surface area contributed by atoms with Crippen LogP contribution < -0.4 is 9.64 Å². The summed E-state index contributed by atoms with van der Waals surface area (Å²) < 4.78 is 33.2. The van der Waals surface area contributed by atoms with E-state index < -0.39 is 10.0 Å². The molecule has 1 aliphatic heterocycles. The normalized spacial score (nSPS) is 15.9. The van der Waals surface area contributed by atoms with Gasteiger partial charge in [0.2, 0.25) is 10.0 Å². The maximum Gasteiger partial charge on any atom is 0.248 e. The summed E-state index contributed by atoms with van der Waals surface area (Å²) in [6.45, 7) is 2.45. The van der Waals surface area contributed by atoms with E-state index in [9.17, 15) is 8.42 Å². The number of aryl methyl sites for hydroxylation is 1. The van der Waals surface area contributed by atoms with Crippen molar-refractivity contribution in [3.63, 3.8) is 0 Å². The van der Waals surface area contributed by atoms with Gasteiger partial charge in [-0.1, -0.05) is 29.8 Å². The monoisotopic (exact) mass is 395 g/mol. The summed E-state index contributed by atoms with van der Waals surface area (Å²) >= 11 is 0. The first-order valence-electron chi connectivity index (χ1n) is 8.91. The lowest BCUT2D eigenvalue weighted by molar-refractivity contribution is 0.396. The van der Waals surface area contributed by atoms with E-state index in [0.29, 0.717) is 11.6 Å². The van der Waals surface area contributed by atoms with Crippen LogP contribution in [0.4, 0.5) is 11.5 Å². The zero-order valence-corrected chi connectivity index (χ0v) is 16.6. The maximum atomic E-state index is 13.2. The predicted octanol–water partition coefficient (Wildman–Crippen LogP) is 3.70. The second-order valence-electron chi connectivity index (χ2n) is 6.70. The molecule has 0 spiro atoms. The Morgan fingerprint density at radius 1 is 1.07 bits per heavy atom. The minimum absolute atomic E-state index is 0.187. The van der Waals surface area contributed by atoms with Crippen molar-refractivity contribution in [1.29, 1.82) is 0 Å². The molecule has 4 rings (SSSR count). The number of pyridine rings is 1. The minimum atomic E-state index is -3.66. The summed E-state index contributed by atoms with van der Waals surface area (Å²) in [6.07, 6.45) is 1.62. The van der Waals surface area contributed by atoms with Crippen LogP contribution in [0.25, 0.3) is 0 Å². The Bertz CT molecular complexity index is 1100. The highest BCUT2D eigenvalue weighted by Crippen LogP contribution is 2.36. The number of nitrogens with zero attached hydrogens (tertiary/aromatic N) is 3. The highest BCUT2D eigenvalue weighted by molar-refractivity contribution is 7.89. The Kier molecular flexibility index (Phi) is 4.78. The fourth-order valence-electron chi connectivity index (χ4n) is 3.26. The molecule has 144 valence electrons. The van der Waals surface area contributed by atoms with Gasteiger partial charge in [-0.2, -0.15) is 4.31 Å². The maximum absolute atomic E-state index is 13.2. The Morgan fingerprint density at radius 3 is 2.61 bits per heavy atom. The van der Waals surface area contributed by atoms with Crippen LogP contribution in [0.1, 0.15) is 11.1 Å². The molecule has 0 unspecified atom stereocenters. The van der Waals surface area contributed by atoms with Gasteiger partial charge in [0.05, 0.1) is 13.8 Å². The standard InChI is InChI=1S/C21H21N3O3S/c1-16-8-10-18(11-9-16)24-15-23(14-17-5-3-6-19(13-17)27-2)28(25,26)20-7-4-12-22-21(20)24/h3-13H,14-15H2,1-2H3. The van der Waals surface area contributed by atoms with Crippen molar-refractivity contribution in [2.45, 2.75) is 18.4 Å². The number of anilines is 2. The highest BCUT2D eigenvalue weighted by Gasteiger charge is 2.36. The molecule has 0 saturated heterocycles. The average molecular weight is 395 g/mol. The van der Waals surface area contributed by atoms with Gasteiger partial charge in [0, 0.05) is 18.4 Å². The van der Waals surface area contributed by atoms with E-state index in [-0.39, 0.29) is 18.1 Å². The van der Waals surface area contributed by atoms with E-state index in [1.165, 1.54) is 4.31 Å². The number of sulfonamides is 1. The molecule has 28 heavy (non-hydrogen) atoms. The smallest absolute Gasteiger partial charge is 0.248 e. The van der Waals surface area contributed by atoms with Crippen LogP contribution in [-0.2, 0) is 16.6 Å².